The van der Waals surface area contributed by atoms with E-state index >= 15 is 0 Å². The third-order valence-corrected chi connectivity index (χ3v) is 4.08. The van der Waals surface area contributed by atoms with Crippen LogP contribution in [0.4, 0.5) is 13.2 Å². The van der Waals surface area contributed by atoms with Crippen LogP contribution in [0, 0.1) is 0 Å². The molecule has 1 N–H and O–H groups in total. The van der Waals surface area contributed by atoms with Crippen molar-refractivity contribution in [3.63, 3.8) is 0 Å². The molecule has 1 aliphatic rings. The van der Waals surface area contributed by atoms with Crippen LogP contribution in [0.1, 0.15) is 36.9 Å². The summed E-state index contributed by atoms with van der Waals surface area (Å²) in [6.07, 6.45) is -3.14. The number of hydrogen-bond donors (Lipinski definition) is 1. The van der Waals surface area contributed by atoms with Gasteiger partial charge in [0, 0.05) is 26.1 Å². The smallest absolute Gasteiger partial charge is 0.379 e. The summed E-state index contributed by atoms with van der Waals surface area (Å²) in [6, 6.07) is 5.02. The van der Waals surface area contributed by atoms with E-state index in [1.165, 1.54) is 12.1 Å². The van der Waals surface area contributed by atoms with Gasteiger partial charge in [-0.1, -0.05) is 19.1 Å². The highest BCUT2D eigenvalue weighted by Crippen LogP contribution is 2.31. The molecule has 1 aromatic carbocycles. The van der Waals surface area contributed by atoms with E-state index in [9.17, 15) is 18.0 Å². The van der Waals surface area contributed by atoms with E-state index in [1.54, 1.807) is 0 Å². The molecule has 1 aliphatic heterocycles. The molecular weight excluding hydrogens is 321 g/mol. The maximum atomic E-state index is 12.7. The molecule has 0 radical (unpaired) electrons. The number of morpholine rings is 1. The number of carbonyl (C=O) groups is 1. The van der Waals surface area contributed by atoms with E-state index in [1.807, 2.05) is 6.92 Å². The van der Waals surface area contributed by atoms with Gasteiger partial charge in [-0.25, -0.2) is 0 Å². The van der Waals surface area contributed by atoms with Crippen LogP contribution < -0.4 is 5.32 Å². The Morgan fingerprint density at radius 2 is 1.88 bits per heavy atom. The Bertz CT molecular complexity index is 526. The third-order valence-electron chi connectivity index (χ3n) is 4.08. The summed E-state index contributed by atoms with van der Waals surface area (Å²) >= 11 is 0. The SMILES string of the molecule is CCCC(=O)NCC(c1ccc(C(F)(F)F)cc1)N1CCOCC1. The predicted octanol–water partition coefficient (Wildman–Crippen LogP) is 3.00. The van der Waals surface area contributed by atoms with Crippen LogP contribution in [0.2, 0.25) is 0 Å². The molecule has 7 heteroatoms. The van der Waals surface area contributed by atoms with Crippen LogP contribution in [0.25, 0.3) is 0 Å². The second-order valence-corrected chi connectivity index (χ2v) is 5.84. The molecule has 1 heterocycles. The summed E-state index contributed by atoms with van der Waals surface area (Å²) in [5.74, 6) is -0.0392. The van der Waals surface area contributed by atoms with Crippen LogP contribution >= 0.6 is 0 Å². The van der Waals surface area contributed by atoms with Crippen LogP contribution in [0.3, 0.4) is 0 Å². The average molecular weight is 344 g/mol. The zero-order chi connectivity index (χ0) is 17.6. The van der Waals surface area contributed by atoms with Crippen molar-refractivity contribution in [1.29, 1.82) is 0 Å². The molecule has 1 saturated heterocycles. The van der Waals surface area contributed by atoms with Gasteiger partial charge in [-0.05, 0) is 24.1 Å². The van der Waals surface area contributed by atoms with Gasteiger partial charge in [-0.2, -0.15) is 13.2 Å². The van der Waals surface area contributed by atoms with E-state index in [0.717, 1.165) is 24.1 Å². The van der Waals surface area contributed by atoms with Crippen molar-refractivity contribution in [2.24, 2.45) is 0 Å². The summed E-state index contributed by atoms with van der Waals surface area (Å²) in [5, 5.41) is 2.88. The number of nitrogens with one attached hydrogen (secondary N) is 1. The highest BCUT2D eigenvalue weighted by Gasteiger charge is 2.31. The van der Waals surface area contributed by atoms with E-state index in [2.05, 4.69) is 10.2 Å². The molecule has 1 unspecified atom stereocenters. The van der Waals surface area contributed by atoms with Crippen LogP contribution in [0.5, 0.6) is 0 Å². The Kier molecular flexibility index (Phi) is 6.62. The number of halogens is 3. The lowest BCUT2D eigenvalue weighted by atomic mass is 10.0. The number of nitrogens with zero attached hydrogens (tertiary/aromatic N) is 1. The van der Waals surface area contributed by atoms with Crippen molar-refractivity contribution in [1.82, 2.24) is 10.2 Å². The maximum absolute atomic E-state index is 12.7. The van der Waals surface area contributed by atoms with Crippen LogP contribution in [0.15, 0.2) is 24.3 Å². The number of alkyl halides is 3. The fourth-order valence-electron chi connectivity index (χ4n) is 2.77. The molecule has 1 aromatic rings. The first-order valence-corrected chi connectivity index (χ1v) is 8.17. The van der Waals surface area contributed by atoms with E-state index in [4.69, 9.17) is 4.74 Å². The number of ether oxygens (including phenoxy) is 1. The number of amides is 1. The van der Waals surface area contributed by atoms with Gasteiger partial charge in [0.15, 0.2) is 0 Å². The molecule has 0 saturated carbocycles. The zero-order valence-electron chi connectivity index (χ0n) is 13.7. The summed E-state index contributed by atoms with van der Waals surface area (Å²) < 4.78 is 43.5. The topological polar surface area (TPSA) is 41.6 Å². The van der Waals surface area contributed by atoms with E-state index < -0.39 is 11.7 Å². The molecule has 0 spiro atoms. The highest BCUT2D eigenvalue weighted by atomic mass is 19.4. The summed E-state index contributed by atoms with van der Waals surface area (Å²) in [6.45, 7) is 4.85. The molecule has 24 heavy (non-hydrogen) atoms. The quantitative estimate of drug-likeness (QED) is 0.863. The highest BCUT2D eigenvalue weighted by molar-refractivity contribution is 5.75. The fraction of sp³-hybridized carbons (Fsp3) is 0.588. The molecular formula is C17H23F3N2O2. The largest absolute Gasteiger partial charge is 0.416 e. The second-order valence-electron chi connectivity index (χ2n) is 5.84. The lowest BCUT2D eigenvalue weighted by Gasteiger charge is -2.35. The van der Waals surface area contributed by atoms with Gasteiger partial charge in [0.2, 0.25) is 5.91 Å². The molecule has 134 valence electrons. The first-order valence-electron chi connectivity index (χ1n) is 8.17. The standard InChI is InChI=1S/C17H23F3N2O2/c1-2-3-16(23)21-12-15(22-8-10-24-11-9-22)13-4-6-14(7-5-13)17(18,19)20/h4-7,15H,2-3,8-12H2,1H3,(H,21,23). The number of benzene rings is 1. The Balaban J connectivity index is 2.13. The number of hydrogen-bond acceptors (Lipinski definition) is 3. The van der Waals surface area contributed by atoms with Crippen molar-refractivity contribution >= 4 is 5.91 Å². The summed E-state index contributed by atoms with van der Waals surface area (Å²) in [5.41, 5.74) is 0.101. The lowest BCUT2D eigenvalue weighted by Crippen LogP contribution is -2.43. The van der Waals surface area contributed by atoms with Crippen molar-refractivity contribution in [2.45, 2.75) is 32.0 Å². The molecule has 1 fully saturated rings. The first kappa shape index (κ1) is 18.7. The van der Waals surface area contributed by atoms with Gasteiger partial charge in [0.1, 0.15) is 0 Å². The molecule has 2 rings (SSSR count). The normalized spacial score (nSPS) is 17.5. The van der Waals surface area contributed by atoms with Crippen molar-refractivity contribution < 1.29 is 22.7 Å². The van der Waals surface area contributed by atoms with Gasteiger partial charge in [0.05, 0.1) is 24.8 Å². The molecule has 1 atom stereocenters. The first-order chi connectivity index (χ1) is 11.4. The summed E-state index contributed by atoms with van der Waals surface area (Å²) in [4.78, 5) is 13.9. The Hall–Kier alpha value is -1.60. The Morgan fingerprint density at radius 3 is 2.42 bits per heavy atom. The van der Waals surface area contributed by atoms with E-state index in [0.29, 0.717) is 39.3 Å². The minimum absolute atomic E-state index is 0.0392. The Labute approximate surface area is 140 Å². The minimum Gasteiger partial charge on any atom is -0.379 e. The van der Waals surface area contributed by atoms with E-state index in [-0.39, 0.29) is 11.9 Å². The minimum atomic E-state index is -4.34. The average Bonchev–Trinajstić information content (AvgIpc) is 2.56. The Morgan fingerprint density at radius 1 is 1.25 bits per heavy atom. The molecule has 1 amide bonds. The van der Waals surface area contributed by atoms with Crippen molar-refractivity contribution in [3.8, 4) is 0 Å². The van der Waals surface area contributed by atoms with Gasteiger partial charge in [-0.15, -0.1) is 0 Å². The van der Waals surface area contributed by atoms with Crippen LogP contribution in [-0.4, -0.2) is 43.7 Å². The number of carbonyl (C=O) groups excluding carboxylic acids is 1. The monoisotopic (exact) mass is 344 g/mol. The zero-order valence-corrected chi connectivity index (χ0v) is 13.7. The van der Waals surface area contributed by atoms with Gasteiger partial charge in [-0.3, -0.25) is 9.69 Å². The van der Waals surface area contributed by atoms with Crippen molar-refractivity contribution in [3.05, 3.63) is 35.4 Å². The fourth-order valence-corrected chi connectivity index (χ4v) is 2.77. The van der Waals surface area contributed by atoms with Gasteiger partial charge in [0.25, 0.3) is 0 Å². The molecule has 4 nitrogen and oxygen atoms in total. The summed E-state index contributed by atoms with van der Waals surface area (Å²) in [7, 11) is 0. The molecule has 0 aliphatic carbocycles. The maximum Gasteiger partial charge on any atom is 0.416 e. The second kappa shape index (κ2) is 8.48. The number of rotatable bonds is 6. The lowest BCUT2D eigenvalue weighted by molar-refractivity contribution is -0.137. The van der Waals surface area contributed by atoms with Gasteiger partial charge < -0.3 is 10.1 Å². The van der Waals surface area contributed by atoms with Crippen molar-refractivity contribution in [2.75, 3.05) is 32.8 Å². The van der Waals surface area contributed by atoms with Crippen LogP contribution in [-0.2, 0) is 15.7 Å². The third kappa shape index (κ3) is 5.21. The predicted molar refractivity (Wildman–Crippen MR) is 84.5 cm³/mol. The van der Waals surface area contributed by atoms with Gasteiger partial charge >= 0.3 is 6.18 Å². The molecule has 0 aromatic heterocycles. The molecule has 0 bridgehead atoms.